The fourth-order valence-corrected chi connectivity index (χ4v) is 3.35. The van der Waals surface area contributed by atoms with Crippen LogP contribution in [0.1, 0.15) is 55.9 Å². The lowest BCUT2D eigenvalue weighted by Gasteiger charge is -2.30. The fourth-order valence-electron chi connectivity index (χ4n) is 3.35. The lowest BCUT2D eigenvalue weighted by atomic mass is 9.91. The summed E-state index contributed by atoms with van der Waals surface area (Å²) in [4.78, 5) is 17.2. The molecule has 0 radical (unpaired) electrons. The summed E-state index contributed by atoms with van der Waals surface area (Å²) in [5.74, 6) is 0.666. The van der Waals surface area contributed by atoms with Gasteiger partial charge in [-0.15, -0.1) is 12.4 Å². The van der Waals surface area contributed by atoms with Gasteiger partial charge in [-0.1, -0.05) is 55.3 Å². The van der Waals surface area contributed by atoms with E-state index >= 15 is 0 Å². The molecular weight excluding hydrogens is 340 g/mol. The second-order valence-electron chi connectivity index (χ2n) is 6.64. The number of nitrogens with zero attached hydrogens (tertiary/aromatic N) is 2. The van der Waals surface area contributed by atoms with Crippen molar-refractivity contribution in [3.05, 3.63) is 47.6 Å². The van der Waals surface area contributed by atoms with E-state index in [0.717, 1.165) is 31.2 Å². The highest BCUT2D eigenvalue weighted by molar-refractivity contribution is 5.85. The standard InChI is InChI=1S/C18H24N4O2.ClH/c1-12(15(19)14-8-4-3-5-9-14)16(23)21-18(10-6-7-11-18)17-20-13(2)24-22-17;/h3-5,8-9,12,15H,6-7,10-11,19H2,1-2H3,(H,21,23);1H. The van der Waals surface area contributed by atoms with Gasteiger partial charge in [0.25, 0.3) is 0 Å². The highest BCUT2D eigenvalue weighted by atomic mass is 35.5. The summed E-state index contributed by atoms with van der Waals surface area (Å²) in [5.41, 5.74) is 6.72. The molecule has 0 saturated heterocycles. The summed E-state index contributed by atoms with van der Waals surface area (Å²) in [7, 11) is 0. The van der Waals surface area contributed by atoms with Crippen LogP contribution in [0.5, 0.6) is 0 Å². The van der Waals surface area contributed by atoms with Gasteiger partial charge < -0.3 is 15.6 Å². The maximum atomic E-state index is 12.8. The largest absolute Gasteiger partial charge is 0.343 e. The molecular formula is C18H25ClN4O2. The highest BCUT2D eigenvalue weighted by Gasteiger charge is 2.42. The van der Waals surface area contributed by atoms with Crippen LogP contribution in [0.4, 0.5) is 0 Å². The number of aryl methyl sites for hydroxylation is 1. The molecule has 0 aliphatic heterocycles. The van der Waals surface area contributed by atoms with Crippen LogP contribution >= 0.6 is 12.4 Å². The summed E-state index contributed by atoms with van der Waals surface area (Å²) in [6.45, 7) is 3.62. The van der Waals surface area contributed by atoms with Crippen molar-refractivity contribution in [3.63, 3.8) is 0 Å². The van der Waals surface area contributed by atoms with Gasteiger partial charge in [-0.05, 0) is 18.4 Å². The van der Waals surface area contributed by atoms with Crippen LogP contribution in [0, 0.1) is 12.8 Å². The minimum atomic E-state index is -0.528. The Bertz CT molecular complexity index is 698. The predicted molar refractivity (Wildman–Crippen MR) is 97.1 cm³/mol. The Kier molecular flexibility index (Phi) is 6.19. The fraction of sp³-hybridized carbons (Fsp3) is 0.500. The van der Waals surface area contributed by atoms with Gasteiger partial charge in [-0.2, -0.15) is 4.98 Å². The molecule has 1 amide bonds. The Morgan fingerprint density at radius 3 is 2.48 bits per heavy atom. The minimum absolute atomic E-state index is 0. The third-order valence-corrected chi connectivity index (χ3v) is 4.91. The number of nitrogens with one attached hydrogen (secondary N) is 1. The third-order valence-electron chi connectivity index (χ3n) is 4.91. The number of carbonyl (C=O) groups is 1. The Balaban J connectivity index is 0.00000225. The molecule has 1 aromatic carbocycles. The Morgan fingerprint density at radius 2 is 1.92 bits per heavy atom. The van der Waals surface area contributed by atoms with E-state index in [0.29, 0.717) is 11.7 Å². The Morgan fingerprint density at radius 1 is 1.28 bits per heavy atom. The van der Waals surface area contributed by atoms with Gasteiger partial charge in [0.15, 0.2) is 5.82 Å². The first-order valence-corrected chi connectivity index (χ1v) is 8.45. The lowest BCUT2D eigenvalue weighted by Crippen LogP contribution is -2.48. The van der Waals surface area contributed by atoms with Crippen molar-refractivity contribution in [2.24, 2.45) is 11.7 Å². The van der Waals surface area contributed by atoms with Crippen molar-refractivity contribution in [1.82, 2.24) is 15.5 Å². The van der Waals surface area contributed by atoms with E-state index in [1.165, 1.54) is 0 Å². The molecule has 1 aliphatic carbocycles. The predicted octanol–water partition coefficient (Wildman–Crippen LogP) is 3.02. The molecule has 1 fully saturated rings. The number of carbonyl (C=O) groups excluding carboxylic acids is 1. The van der Waals surface area contributed by atoms with Gasteiger partial charge in [0.2, 0.25) is 11.8 Å². The minimum Gasteiger partial charge on any atom is -0.343 e. The van der Waals surface area contributed by atoms with E-state index in [1.807, 2.05) is 37.3 Å². The number of benzene rings is 1. The molecule has 0 bridgehead atoms. The van der Waals surface area contributed by atoms with Crippen LogP contribution in [0.2, 0.25) is 0 Å². The lowest BCUT2D eigenvalue weighted by molar-refractivity contribution is -0.127. The first-order valence-electron chi connectivity index (χ1n) is 8.45. The van der Waals surface area contributed by atoms with Gasteiger partial charge in [-0.25, -0.2) is 0 Å². The van der Waals surface area contributed by atoms with Crippen molar-refractivity contribution in [2.75, 3.05) is 0 Å². The Labute approximate surface area is 154 Å². The van der Waals surface area contributed by atoms with Crippen LogP contribution in [-0.2, 0) is 10.3 Å². The van der Waals surface area contributed by atoms with E-state index in [9.17, 15) is 4.79 Å². The number of rotatable bonds is 5. The molecule has 136 valence electrons. The molecule has 6 nitrogen and oxygen atoms in total. The number of nitrogens with two attached hydrogens (primary N) is 1. The first-order chi connectivity index (χ1) is 11.5. The van der Waals surface area contributed by atoms with Gasteiger partial charge in [0, 0.05) is 13.0 Å². The van der Waals surface area contributed by atoms with Crippen molar-refractivity contribution in [2.45, 2.75) is 51.1 Å². The zero-order valence-electron chi connectivity index (χ0n) is 14.6. The van der Waals surface area contributed by atoms with Crippen LogP contribution in [0.25, 0.3) is 0 Å². The van der Waals surface area contributed by atoms with Crippen LogP contribution in [-0.4, -0.2) is 16.0 Å². The number of aromatic nitrogens is 2. The summed E-state index contributed by atoms with van der Waals surface area (Å²) >= 11 is 0. The summed E-state index contributed by atoms with van der Waals surface area (Å²) < 4.78 is 5.12. The molecule has 0 spiro atoms. The topological polar surface area (TPSA) is 94.0 Å². The second kappa shape index (κ2) is 7.97. The van der Waals surface area contributed by atoms with Crippen molar-refractivity contribution < 1.29 is 9.32 Å². The van der Waals surface area contributed by atoms with E-state index in [-0.39, 0.29) is 30.3 Å². The molecule has 3 rings (SSSR count). The maximum Gasteiger partial charge on any atom is 0.225 e. The van der Waals surface area contributed by atoms with Gasteiger partial charge >= 0.3 is 0 Å². The number of amides is 1. The van der Waals surface area contributed by atoms with E-state index in [2.05, 4.69) is 15.5 Å². The summed E-state index contributed by atoms with van der Waals surface area (Å²) in [6, 6.07) is 9.34. The van der Waals surface area contributed by atoms with Crippen LogP contribution in [0.3, 0.4) is 0 Å². The van der Waals surface area contributed by atoms with Crippen molar-refractivity contribution in [1.29, 1.82) is 0 Å². The summed E-state index contributed by atoms with van der Waals surface area (Å²) in [5, 5.41) is 7.22. The molecule has 1 aliphatic rings. The number of hydrogen-bond donors (Lipinski definition) is 2. The molecule has 3 N–H and O–H groups in total. The molecule has 2 atom stereocenters. The van der Waals surface area contributed by atoms with Gasteiger partial charge in [-0.3, -0.25) is 4.79 Å². The quantitative estimate of drug-likeness (QED) is 0.850. The second-order valence-corrected chi connectivity index (χ2v) is 6.64. The van der Waals surface area contributed by atoms with E-state index < -0.39 is 5.54 Å². The SMILES string of the molecule is Cc1nc(C2(NC(=O)C(C)C(N)c3ccccc3)CCCC2)no1.Cl. The third kappa shape index (κ3) is 4.02. The maximum absolute atomic E-state index is 12.8. The molecule has 2 unspecified atom stereocenters. The van der Waals surface area contributed by atoms with Crippen molar-refractivity contribution >= 4 is 18.3 Å². The molecule has 25 heavy (non-hydrogen) atoms. The summed E-state index contributed by atoms with van der Waals surface area (Å²) in [6.07, 6.45) is 3.72. The van der Waals surface area contributed by atoms with E-state index in [4.69, 9.17) is 10.3 Å². The zero-order chi connectivity index (χ0) is 17.2. The normalized spacial score (nSPS) is 18.2. The molecule has 7 heteroatoms. The zero-order valence-corrected chi connectivity index (χ0v) is 15.4. The molecule has 2 aromatic rings. The molecule has 1 saturated carbocycles. The average Bonchev–Trinajstić information content (AvgIpc) is 3.24. The van der Waals surface area contributed by atoms with Crippen molar-refractivity contribution in [3.8, 4) is 0 Å². The monoisotopic (exact) mass is 364 g/mol. The smallest absolute Gasteiger partial charge is 0.225 e. The van der Waals surface area contributed by atoms with Gasteiger partial charge in [0.05, 0.1) is 5.92 Å². The van der Waals surface area contributed by atoms with Gasteiger partial charge in [0.1, 0.15) is 5.54 Å². The highest BCUT2D eigenvalue weighted by Crippen LogP contribution is 2.37. The molecule has 1 aromatic heterocycles. The van der Waals surface area contributed by atoms with Crippen LogP contribution < -0.4 is 11.1 Å². The number of hydrogen-bond acceptors (Lipinski definition) is 5. The first kappa shape index (κ1) is 19.4. The Hall–Kier alpha value is -1.92. The average molecular weight is 365 g/mol. The van der Waals surface area contributed by atoms with E-state index in [1.54, 1.807) is 6.92 Å². The number of halogens is 1. The van der Waals surface area contributed by atoms with Crippen LogP contribution in [0.15, 0.2) is 34.9 Å². The molecule has 1 heterocycles.